The molecule has 0 saturated heterocycles. The molecule has 0 atom stereocenters. The number of hydrogen-bond acceptors (Lipinski definition) is 4. The molecule has 0 fully saturated rings. The number of rotatable bonds is 9. The van der Waals surface area contributed by atoms with Crippen LogP contribution in [0.25, 0.3) is 0 Å². The van der Waals surface area contributed by atoms with Crippen molar-refractivity contribution in [3.8, 4) is 0 Å². The van der Waals surface area contributed by atoms with Gasteiger partial charge in [0.1, 0.15) is 0 Å². The maximum Gasteiger partial charge on any atom is 0.251 e. The highest BCUT2D eigenvalue weighted by Gasteiger charge is 2.06. The van der Waals surface area contributed by atoms with Crippen LogP contribution in [-0.2, 0) is 16.1 Å². The Kier molecular flexibility index (Phi) is 7.92. The standard InChI is InChI=1S/C19H22ClN3O3/c1-26-11-10-21-19(25)14-6-8-16(9-7-14)22-13-18(24)23-12-15-4-2-3-5-17(15)20/h2-9,22H,10-13H2,1H3,(H,21,25)(H,23,24). The molecule has 2 aromatic carbocycles. The van der Waals surface area contributed by atoms with E-state index in [9.17, 15) is 9.59 Å². The highest BCUT2D eigenvalue weighted by atomic mass is 35.5. The number of anilines is 1. The number of nitrogens with one attached hydrogen (secondary N) is 3. The lowest BCUT2D eigenvalue weighted by Gasteiger charge is -2.09. The van der Waals surface area contributed by atoms with Crippen LogP contribution in [-0.4, -0.2) is 38.6 Å². The van der Waals surface area contributed by atoms with Crippen molar-refractivity contribution in [2.45, 2.75) is 6.54 Å². The van der Waals surface area contributed by atoms with Crippen LogP contribution in [0, 0.1) is 0 Å². The largest absolute Gasteiger partial charge is 0.383 e. The summed E-state index contributed by atoms with van der Waals surface area (Å²) in [6.45, 7) is 1.43. The zero-order valence-electron chi connectivity index (χ0n) is 14.5. The predicted molar refractivity (Wildman–Crippen MR) is 102 cm³/mol. The van der Waals surface area contributed by atoms with E-state index >= 15 is 0 Å². The third-order valence-corrected chi connectivity index (χ3v) is 3.99. The summed E-state index contributed by atoms with van der Waals surface area (Å²) in [4.78, 5) is 23.8. The van der Waals surface area contributed by atoms with Crippen LogP contribution in [0.4, 0.5) is 5.69 Å². The second-order valence-electron chi connectivity index (χ2n) is 5.55. The molecule has 2 aromatic rings. The van der Waals surface area contributed by atoms with E-state index in [2.05, 4.69) is 16.0 Å². The molecule has 0 radical (unpaired) electrons. The van der Waals surface area contributed by atoms with Crippen molar-refractivity contribution in [2.24, 2.45) is 0 Å². The van der Waals surface area contributed by atoms with Gasteiger partial charge < -0.3 is 20.7 Å². The van der Waals surface area contributed by atoms with Gasteiger partial charge in [-0.3, -0.25) is 9.59 Å². The summed E-state index contributed by atoms with van der Waals surface area (Å²) in [6.07, 6.45) is 0. The second kappa shape index (κ2) is 10.4. The van der Waals surface area contributed by atoms with Gasteiger partial charge in [0.2, 0.25) is 5.91 Å². The van der Waals surface area contributed by atoms with Crippen molar-refractivity contribution in [2.75, 3.05) is 32.1 Å². The maximum absolute atomic E-state index is 11.9. The van der Waals surface area contributed by atoms with Crippen molar-refractivity contribution in [1.29, 1.82) is 0 Å². The van der Waals surface area contributed by atoms with Crippen LogP contribution in [0.15, 0.2) is 48.5 Å². The Hall–Kier alpha value is -2.57. The Balaban J connectivity index is 1.75. The van der Waals surface area contributed by atoms with Crippen molar-refractivity contribution in [1.82, 2.24) is 10.6 Å². The summed E-state index contributed by atoms with van der Waals surface area (Å²) in [6, 6.07) is 14.3. The van der Waals surface area contributed by atoms with Gasteiger partial charge in [-0.1, -0.05) is 29.8 Å². The lowest BCUT2D eigenvalue weighted by molar-refractivity contribution is -0.119. The first kappa shape index (κ1) is 19.8. The molecule has 0 bridgehead atoms. The number of benzene rings is 2. The van der Waals surface area contributed by atoms with E-state index in [1.807, 2.05) is 18.2 Å². The van der Waals surface area contributed by atoms with Crippen LogP contribution in [0.5, 0.6) is 0 Å². The number of carbonyl (C=O) groups is 2. The van der Waals surface area contributed by atoms with E-state index in [-0.39, 0.29) is 18.4 Å². The Morgan fingerprint density at radius 1 is 1.04 bits per heavy atom. The molecule has 138 valence electrons. The van der Waals surface area contributed by atoms with E-state index in [0.717, 1.165) is 11.3 Å². The van der Waals surface area contributed by atoms with Gasteiger partial charge in [0, 0.05) is 36.5 Å². The molecule has 6 nitrogen and oxygen atoms in total. The average Bonchev–Trinajstić information content (AvgIpc) is 2.66. The maximum atomic E-state index is 11.9. The molecule has 2 rings (SSSR count). The van der Waals surface area contributed by atoms with Gasteiger partial charge in [0.25, 0.3) is 5.91 Å². The van der Waals surface area contributed by atoms with E-state index in [1.165, 1.54) is 0 Å². The van der Waals surface area contributed by atoms with Gasteiger partial charge in [-0.05, 0) is 35.9 Å². The molecule has 3 N–H and O–H groups in total. The van der Waals surface area contributed by atoms with Gasteiger partial charge in [-0.15, -0.1) is 0 Å². The van der Waals surface area contributed by atoms with Gasteiger partial charge in [0.15, 0.2) is 0 Å². The monoisotopic (exact) mass is 375 g/mol. The summed E-state index contributed by atoms with van der Waals surface area (Å²) in [7, 11) is 1.58. The summed E-state index contributed by atoms with van der Waals surface area (Å²) in [5, 5.41) is 9.20. The third kappa shape index (κ3) is 6.38. The van der Waals surface area contributed by atoms with Crippen LogP contribution >= 0.6 is 11.6 Å². The first-order valence-corrected chi connectivity index (χ1v) is 8.59. The molecule has 0 aliphatic carbocycles. The van der Waals surface area contributed by atoms with Crippen LogP contribution in [0.2, 0.25) is 5.02 Å². The van der Waals surface area contributed by atoms with E-state index < -0.39 is 0 Å². The quantitative estimate of drug-likeness (QED) is 0.588. The molecule has 26 heavy (non-hydrogen) atoms. The first-order valence-electron chi connectivity index (χ1n) is 8.21. The van der Waals surface area contributed by atoms with Gasteiger partial charge in [-0.25, -0.2) is 0 Å². The third-order valence-electron chi connectivity index (χ3n) is 3.63. The fourth-order valence-electron chi connectivity index (χ4n) is 2.19. The fourth-order valence-corrected chi connectivity index (χ4v) is 2.39. The molecular formula is C19H22ClN3O3. The molecular weight excluding hydrogens is 354 g/mol. The smallest absolute Gasteiger partial charge is 0.251 e. The Morgan fingerprint density at radius 2 is 1.77 bits per heavy atom. The second-order valence-corrected chi connectivity index (χ2v) is 5.95. The lowest BCUT2D eigenvalue weighted by atomic mass is 10.2. The first-order chi connectivity index (χ1) is 12.6. The zero-order valence-corrected chi connectivity index (χ0v) is 15.3. The number of hydrogen-bond donors (Lipinski definition) is 3. The Labute approximate surface area is 157 Å². The van der Waals surface area contributed by atoms with Crippen molar-refractivity contribution in [3.05, 3.63) is 64.7 Å². The van der Waals surface area contributed by atoms with E-state index in [4.69, 9.17) is 16.3 Å². The van der Waals surface area contributed by atoms with E-state index in [0.29, 0.717) is 30.3 Å². The Morgan fingerprint density at radius 3 is 2.46 bits per heavy atom. The van der Waals surface area contributed by atoms with Crippen molar-refractivity contribution >= 4 is 29.1 Å². The molecule has 0 saturated carbocycles. The SMILES string of the molecule is COCCNC(=O)c1ccc(NCC(=O)NCc2ccccc2Cl)cc1. The number of halogens is 1. The van der Waals surface area contributed by atoms with Gasteiger partial charge in [-0.2, -0.15) is 0 Å². The highest BCUT2D eigenvalue weighted by molar-refractivity contribution is 6.31. The molecule has 0 spiro atoms. The number of methoxy groups -OCH3 is 1. The van der Waals surface area contributed by atoms with Crippen LogP contribution < -0.4 is 16.0 Å². The molecule has 0 aromatic heterocycles. The van der Waals surface area contributed by atoms with Crippen molar-refractivity contribution < 1.29 is 14.3 Å². The number of amides is 2. The summed E-state index contributed by atoms with van der Waals surface area (Å²) in [5.74, 6) is -0.308. The lowest BCUT2D eigenvalue weighted by Crippen LogP contribution is -2.29. The Bertz CT molecular complexity index is 735. The molecule has 7 heteroatoms. The minimum atomic E-state index is -0.161. The average molecular weight is 376 g/mol. The van der Waals surface area contributed by atoms with E-state index in [1.54, 1.807) is 37.4 Å². The molecule has 0 aliphatic rings. The normalized spacial score (nSPS) is 10.2. The minimum absolute atomic E-state index is 0.129. The fraction of sp³-hybridized carbons (Fsp3) is 0.263. The summed E-state index contributed by atoms with van der Waals surface area (Å²) >= 11 is 6.05. The topological polar surface area (TPSA) is 79.5 Å². The molecule has 0 aliphatic heterocycles. The highest BCUT2D eigenvalue weighted by Crippen LogP contribution is 2.14. The molecule has 0 unspecified atom stereocenters. The van der Waals surface area contributed by atoms with Crippen LogP contribution in [0.1, 0.15) is 15.9 Å². The minimum Gasteiger partial charge on any atom is -0.383 e. The van der Waals surface area contributed by atoms with Gasteiger partial charge in [0.05, 0.1) is 13.2 Å². The zero-order chi connectivity index (χ0) is 18.8. The predicted octanol–water partition coefficient (Wildman–Crippen LogP) is 2.44. The summed E-state index contributed by atoms with van der Waals surface area (Å²) < 4.78 is 4.89. The number of ether oxygens (including phenoxy) is 1. The number of carbonyl (C=O) groups excluding carboxylic acids is 2. The van der Waals surface area contributed by atoms with Crippen LogP contribution in [0.3, 0.4) is 0 Å². The molecule has 2 amide bonds. The van der Waals surface area contributed by atoms with Gasteiger partial charge >= 0.3 is 0 Å². The molecule has 0 heterocycles. The van der Waals surface area contributed by atoms with Crippen molar-refractivity contribution in [3.63, 3.8) is 0 Å². The summed E-state index contributed by atoms with van der Waals surface area (Å²) in [5.41, 5.74) is 2.17.